The topological polar surface area (TPSA) is 70.4 Å². The molecule has 4 heteroatoms. The second-order valence-corrected chi connectivity index (χ2v) is 6.92. The van der Waals surface area contributed by atoms with Crippen molar-refractivity contribution in [3.63, 3.8) is 0 Å². The van der Waals surface area contributed by atoms with Crippen LogP contribution in [0.4, 0.5) is 0 Å². The zero-order valence-corrected chi connectivity index (χ0v) is 14.5. The number of nitrogens with one attached hydrogen (secondary N) is 1. The number of hydrogen-bond donors (Lipinski definition) is 2. The molecule has 0 heterocycles. The molecule has 3 atom stereocenters. The van der Waals surface area contributed by atoms with Crippen LogP contribution in [0.5, 0.6) is 0 Å². The van der Waals surface area contributed by atoms with Gasteiger partial charge in [0.25, 0.3) is 0 Å². The third-order valence-electron chi connectivity index (χ3n) is 4.95. The van der Waals surface area contributed by atoms with E-state index in [1.165, 1.54) is 6.08 Å². The van der Waals surface area contributed by atoms with Crippen LogP contribution in [-0.4, -0.2) is 29.0 Å². The number of allylic oxidation sites excluding steroid dienone is 2. The number of esters is 1. The maximum absolute atomic E-state index is 11.7. The van der Waals surface area contributed by atoms with Crippen molar-refractivity contribution in [3.8, 4) is 11.8 Å². The van der Waals surface area contributed by atoms with E-state index < -0.39 is 17.0 Å². The Bertz CT molecular complexity index is 662. The van der Waals surface area contributed by atoms with Gasteiger partial charge in [-0.2, -0.15) is 0 Å². The second-order valence-electron chi connectivity index (χ2n) is 6.92. The summed E-state index contributed by atoms with van der Waals surface area (Å²) >= 11 is 0. The van der Waals surface area contributed by atoms with Gasteiger partial charge in [0.15, 0.2) is 5.60 Å². The fraction of sp³-hybridized carbons (Fsp3) is 0.579. The van der Waals surface area contributed by atoms with Crippen molar-refractivity contribution < 1.29 is 14.6 Å². The fourth-order valence-corrected chi connectivity index (χ4v) is 3.17. The predicted molar refractivity (Wildman–Crippen MR) is 90.0 cm³/mol. The Labute approximate surface area is 138 Å². The summed E-state index contributed by atoms with van der Waals surface area (Å²) < 4.78 is 4.94. The minimum atomic E-state index is -1.25. The number of carbonyl (C=O) groups excluding carboxylic acids is 1. The number of aliphatic hydroxyl groups is 1. The van der Waals surface area contributed by atoms with Gasteiger partial charge in [-0.15, -0.1) is 0 Å². The Hall–Kier alpha value is -1.86. The van der Waals surface area contributed by atoms with E-state index >= 15 is 0 Å². The maximum atomic E-state index is 11.7. The van der Waals surface area contributed by atoms with Gasteiger partial charge in [-0.05, 0) is 37.8 Å². The van der Waals surface area contributed by atoms with E-state index in [1.54, 1.807) is 13.0 Å². The van der Waals surface area contributed by atoms with Gasteiger partial charge in [-0.1, -0.05) is 32.6 Å². The van der Waals surface area contributed by atoms with Gasteiger partial charge in [0.05, 0.1) is 6.61 Å². The highest BCUT2D eigenvalue weighted by Gasteiger charge is 2.66. The van der Waals surface area contributed by atoms with Crippen LogP contribution in [0.25, 0.3) is 0 Å². The van der Waals surface area contributed by atoms with E-state index in [0.29, 0.717) is 23.5 Å². The lowest BCUT2D eigenvalue weighted by atomic mass is 9.74. The highest BCUT2D eigenvalue weighted by atomic mass is 16.5. The van der Waals surface area contributed by atoms with Crippen LogP contribution in [0.2, 0.25) is 0 Å². The van der Waals surface area contributed by atoms with Crippen LogP contribution in [0.3, 0.4) is 0 Å². The first-order valence-corrected chi connectivity index (χ1v) is 8.06. The molecule has 0 radical (unpaired) electrons. The Balaban J connectivity index is 2.37. The van der Waals surface area contributed by atoms with E-state index in [9.17, 15) is 9.90 Å². The highest BCUT2D eigenvalue weighted by Crippen LogP contribution is 2.63. The molecule has 0 aromatic rings. The fourth-order valence-electron chi connectivity index (χ4n) is 3.17. The lowest BCUT2D eigenvalue weighted by Gasteiger charge is -2.34. The summed E-state index contributed by atoms with van der Waals surface area (Å²) in [5, 5.41) is 19.1. The first kappa shape index (κ1) is 17.5. The predicted octanol–water partition coefficient (Wildman–Crippen LogP) is 2.87. The first-order valence-electron chi connectivity index (χ1n) is 8.06. The molecule has 0 amide bonds. The quantitative estimate of drug-likeness (QED) is 0.478. The van der Waals surface area contributed by atoms with Crippen LogP contribution >= 0.6 is 0 Å². The molecule has 0 aliphatic heterocycles. The third-order valence-corrected chi connectivity index (χ3v) is 4.95. The van der Waals surface area contributed by atoms with Gasteiger partial charge in [0.2, 0.25) is 0 Å². The Morgan fingerprint density at radius 2 is 2.26 bits per heavy atom. The van der Waals surface area contributed by atoms with Gasteiger partial charge in [-0.3, -0.25) is 0 Å². The smallest absolute Gasteiger partial charge is 0.331 e. The summed E-state index contributed by atoms with van der Waals surface area (Å²) in [5.74, 6) is 5.71. The zero-order chi connectivity index (χ0) is 17.4. The van der Waals surface area contributed by atoms with E-state index in [2.05, 4.69) is 11.8 Å². The molecule has 2 aliphatic rings. The molecule has 124 valence electrons. The summed E-state index contributed by atoms with van der Waals surface area (Å²) in [5.41, 5.74) is 0.270. The van der Waals surface area contributed by atoms with Crippen LogP contribution < -0.4 is 0 Å². The summed E-state index contributed by atoms with van der Waals surface area (Å²) in [6, 6.07) is 0. The molecule has 2 N–H and O–H groups in total. The van der Waals surface area contributed by atoms with Gasteiger partial charge >= 0.3 is 5.97 Å². The number of ether oxygens (including phenoxy) is 1. The average molecular weight is 315 g/mol. The molecule has 0 saturated heterocycles. The number of rotatable bonds is 3. The van der Waals surface area contributed by atoms with Gasteiger partial charge in [-0.25, -0.2) is 4.79 Å². The summed E-state index contributed by atoms with van der Waals surface area (Å²) in [6.45, 7) is 9.76. The van der Waals surface area contributed by atoms with Crippen molar-refractivity contribution in [2.24, 2.45) is 17.3 Å². The molecule has 23 heavy (non-hydrogen) atoms. The van der Waals surface area contributed by atoms with Crippen molar-refractivity contribution in [2.75, 3.05) is 6.61 Å². The Morgan fingerprint density at radius 3 is 2.83 bits per heavy atom. The number of fused-ring (bicyclic) bond motifs is 1. The maximum Gasteiger partial charge on any atom is 0.331 e. The largest absolute Gasteiger partial charge is 0.463 e. The molecule has 2 rings (SSSR count). The lowest BCUT2D eigenvalue weighted by molar-refractivity contribution is -0.137. The van der Waals surface area contributed by atoms with Crippen LogP contribution in [0.15, 0.2) is 23.3 Å². The van der Waals surface area contributed by atoms with Gasteiger partial charge in [0, 0.05) is 28.7 Å². The highest BCUT2D eigenvalue weighted by molar-refractivity contribution is 6.00. The molecule has 1 fully saturated rings. The molecule has 4 nitrogen and oxygen atoms in total. The average Bonchev–Trinajstić information content (AvgIpc) is 3.16. The van der Waals surface area contributed by atoms with Crippen molar-refractivity contribution in [1.82, 2.24) is 0 Å². The normalized spacial score (nSPS) is 32.7. The SMILES string of the molecule is CCOC(=O)C=C(C#CC1(O)C(C)=CC(=N)C2CC21C)C(C)C. The van der Waals surface area contributed by atoms with Crippen LogP contribution in [-0.2, 0) is 9.53 Å². The molecular weight excluding hydrogens is 290 g/mol. The number of hydrogen-bond acceptors (Lipinski definition) is 4. The standard InChI is InChI=1S/C19H25NO3/c1-6-23-17(21)10-14(12(2)3)7-8-19(22)13(4)9-16(20)15-11-18(15,19)5/h9-10,12,15,20,22H,6,11H2,1-5H3. The van der Waals surface area contributed by atoms with E-state index in [4.69, 9.17) is 10.1 Å². The zero-order valence-electron chi connectivity index (χ0n) is 14.5. The van der Waals surface area contributed by atoms with Crippen LogP contribution in [0.1, 0.15) is 41.0 Å². The van der Waals surface area contributed by atoms with E-state index in [-0.39, 0.29) is 11.8 Å². The van der Waals surface area contributed by atoms with Crippen molar-refractivity contribution in [2.45, 2.75) is 46.6 Å². The van der Waals surface area contributed by atoms with Crippen molar-refractivity contribution in [3.05, 3.63) is 23.3 Å². The third kappa shape index (κ3) is 2.98. The van der Waals surface area contributed by atoms with Gasteiger partial charge in [0.1, 0.15) is 0 Å². The van der Waals surface area contributed by atoms with E-state index in [0.717, 1.165) is 6.42 Å². The molecule has 2 aliphatic carbocycles. The van der Waals surface area contributed by atoms with Crippen LogP contribution in [0, 0.1) is 34.5 Å². The summed E-state index contributed by atoms with van der Waals surface area (Å²) in [4.78, 5) is 11.7. The van der Waals surface area contributed by atoms with E-state index in [1.807, 2.05) is 27.7 Å². The summed E-state index contributed by atoms with van der Waals surface area (Å²) in [6.07, 6.45) is 3.89. The molecular formula is C19H25NO3. The van der Waals surface area contributed by atoms with Crippen molar-refractivity contribution in [1.29, 1.82) is 5.41 Å². The lowest BCUT2D eigenvalue weighted by Crippen LogP contribution is -2.42. The Kier molecular flexibility index (Phi) is 4.54. The first-order chi connectivity index (χ1) is 10.7. The Morgan fingerprint density at radius 1 is 1.61 bits per heavy atom. The molecule has 3 unspecified atom stereocenters. The number of carbonyl (C=O) groups is 1. The monoisotopic (exact) mass is 315 g/mol. The van der Waals surface area contributed by atoms with Gasteiger partial charge < -0.3 is 15.3 Å². The minimum Gasteiger partial charge on any atom is -0.463 e. The second kappa shape index (κ2) is 5.98. The molecule has 0 bridgehead atoms. The molecule has 0 aromatic heterocycles. The molecule has 0 spiro atoms. The van der Waals surface area contributed by atoms with Crippen molar-refractivity contribution >= 4 is 11.7 Å². The minimum absolute atomic E-state index is 0.0597. The summed E-state index contributed by atoms with van der Waals surface area (Å²) in [7, 11) is 0. The molecule has 0 aromatic carbocycles. The molecule has 1 saturated carbocycles.